The molecule has 3 aliphatic rings. The second-order valence-electron chi connectivity index (χ2n) is 9.52. The summed E-state index contributed by atoms with van der Waals surface area (Å²) in [5.41, 5.74) is -3.42. The first-order valence-corrected chi connectivity index (χ1v) is 11.0. The molecule has 0 radical (unpaired) electrons. The normalized spacial score (nSPS) is 35.1. The SMILES string of the molecule is CC1CCC2C(C=CC(C)C2C(=O)c2c(O)c(C3(O)C=CC(=O)CC3)cn(O)c2=O)C1. The van der Waals surface area contributed by atoms with Crippen molar-refractivity contribution in [3.63, 3.8) is 0 Å². The zero-order chi connectivity index (χ0) is 22.5. The van der Waals surface area contributed by atoms with Crippen LogP contribution in [0.1, 0.15) is 61.9 Å². The van der Waals surface area contributed by atoms with E-state index in [2.05, 4.69) is 13.0 Å². The second-order valence-corrected chi connectivity index (χ2v) is 9.52. The minimum absolute atomic E-state index is 0.0209. The molecule has 4 rings (SSSR count). The van der Waals surface area contributed by atoms with Crippen molar-refractivity contribution >= 4 is 11.6 Å². The monoisotopic (exact) mass is 427 g/mol. The van der Waals surface area contributed by atoms with Crippen molar-refractivity contribution < 1.29 is 25.0 Å². The van der Waals surface area contributed by atoms with E-state index < -0.39 is 34.2 Å². The van der Waals surface area contributed by atoms with Gasteiger partial charge in [0.25, 0.3) is 5.56 Å². The predicted octanol–water partition coefficient (Wildman–Crippen LogP) is 2.96. The van der Waals surface area contributed by atoms with Gasteiger partial charge in [-0.2, -0.15) is 4.73 Å². The van der Waals surface area contributed by atoms with E-state index in [0.717, 1.165) is 25.5 Å². The molecule has 1 heterocycles. The lowest BCUT2D eigenvalue weighted by atomic mass is 9.61. The molecule has 7 nitrogen and oxygen atoms in total. The van der Waals surface area contributed by atoms with Crippen LogP contribution in [0.4, 0.5) is 0 Å². The largest absolute Gasteiger partial charge is 0.506 e. The van der Waals surface area contributed by atoms with Crippen LogP contribution in [0.25, 0.3) is 0 Å². The molecule has 1 saturated carbocycles. The molecule has 0 saturated heterocycles. The molecule has 166 valence electrons. The highest BCUT2D eigenvalue weighted by Crippen LogP contribution is 2.46. The number of carbonyl (C=O) groups excluding carboxylic acids is 2. The van der Waals surface area contributed by atoms with Crippen LogP contribution < -0.4 is 5.56 Å². The Labute approximate surface area is 180 Å². The van der Waals surface area contributed by atoms with Gasteiger partial charge in [0, 0.05) is 12.3 Å². The summed E-state index contributed by atoms with van der Waals surface area (Å²) in [6.07, 6.45) is 10.4. The number of carbonyl (C=O) groups is 2. The molecule has 1 aromatic heterocycles. The van der Waals surface area contributed by atoms with Gasteiger partial charge in [0.2, 0.25) is 0 Å². The molecule has 7 heteroatoms. The predicted molar refractivity (Wildman–Crippen MR) is 113 cm³/mol. The van der Waals surface area contributed by atoms with Gasteiger partial charge in [-0.1, -0.05) is 32.4 Å². The zero-order valence-electron chi connectivity index (χ0n) is 17.8. The number of hydrogen-bond acceptors (Lipinski definition) is 6. The lowest BCUT2D eigenvalue weighted by Gasteiger charge is -2.42. The topological polar surface area (TPSA) is 117 Å². The van der Waals surface area contributed by atoms with E-state index in [0.29, 0.717) is 5.92 Å². The van der Waals surface area contributed by atoms with Crippen LogP contribution in [-0.2, 0) is 10.4 Å². The molecule has 3 aliphatic carbocycles. The molecular formula is C24H29NO6. The van der Waals surface area contributed by atoms with Gasteiger partial charge < -0.3 is 15.4 Å². The maximum absolute atomic E-state index is 13.7. The summed E-state index contributed by atoms with van der Waals surface area (Å²) in [6, 6.07) is 0. The Balaban J connectivity index is 1.79. The van der Waals surface area contributed by atoms with Crippen LogP contribution >= 0.6 is 0 Å². The summed E-state index contributed by atoms with van der Waals surface area (Å²) < 4.78 is 0.244. The van der Waals surface area contributed by atoms with Gasteiger partial charge >= 0.3 is 0 Å². The van der Waals surface area contributed by atoms with Gasteiger partial charge in [0.15, 0.2) is 11.6 Å². The molecule has 6 unspecified atom stereocenters. The Morgan fingerprint density at radius 1 is 1.19 bits per heavy atom. The summed E-state index contributed by atoms with van der Waals surface area (Å²) in [6.45, 7) is 4.12. The molecule has 3 N–H and O–H groups in total. The van der Waals surface area contributed by atoms with Gasteiger partial charge in [-0.15, -0.1) is 0 Å². The molecule has 0 spiro atoms. The molecular weight excluding hydrogens is 398 g/mol. The fourth-order valence-corrected chi connectivity index (χ4v) is 5.61. The van der Waals surface area contributed by atoms with Crippen LogP contribution in [0.5, 0.6) is 5.75 Å². The number of fused-ring (bicyclic) bond motifs is 1. The fraction of sp³-hybridized carbons (Fsp3) is 0.542. The fourth-order valence-electron chi connectivity index (χ4n) is 5.61. The molecule has 0 aromatic carbocycles. The maximum Gasteiger partial charge on any atom is 0.297 e. The number of allylic oxidation sites excluding steroid dienone is 3. The van der Waals surface area contributed by atoms with Crippen LogP contribution in [0, 0.1) is 29.6 Å². The van der Waals surface area contributed by atoms with E-state index in [1.807, 2.05) is 13.0 Å². The summed E-state index contributed by atoms with van der Waals surface area (Å²) in [7, 11) is 0. The van der Waals surface area contributed by atoms with Crippen LogP contribution in [0.15, 0.2) is 35.3 Å². The smallest absolute Gasteiger partial charge is 0.297 e. The number of hydrogen-bond donors (Lipinski definition) is 3. The lowest BCUT2D eigenvalue weighted by molar-refractivity contribution is -0.116. The number of aliphatic hydroxyl groups is 1. The standard InChI is InChI=1S/C24H29NO6/c1-13-3-6-17-15(11-13)5-4-14(2)19(17)22(28)20-21(27)18(12-25(31)23(20)29)24(30)9-7-16(26)8-10-24/h4-5,7,9,12-15,17,19,27,30-31H,3,6,8,10-11H2,1-2H3. The lowest BCUT2D eigenvalue weighted by Crippen LogP contribution is -2.41. The van der Waals surface area contributed by atoms with E-state index in [-0.39, 0.29) is 46.7 Å². The Bertz CT molecular complexity index is 1040. The van der Waals surface area contributed by atoms with E-state index in [1.165, 1.54) is 12.2 Å². The Morgan fingerprint density at radius 2 is 1.94 bits per heavy atom. The third-order valence-electron chi connectivity index (χ3n) is 7.39. The van der Waals surface area contributed by atoms with Gasteiger partial charge in [-0.25, -0.2) is 0 Å². The minimum Gasteiger partial charge on any atom is -0.506 e. The van der Waals surface area contributed by atoms with Gasteiger partial charge in [0.05, 0.1) is 11.8 Å². The molecule has 1 aromatic rings. The van der Waals surface area contributed by atoms with Crippen molar-refractivity contribution in [3.05, 3.63) is 52.0 Å². The first kappa shape index (κ1) is 21.6. The molecule has 1 fully saturated rings. The number of Topliss-reactive ketones (excluding diaryl/α,β-unsaturated/α-hetero) is 1. The average Bonchev–Trinajstić information content (AvgIpc) is 2.73. The Hall–Kier alpha value is -2.67. The van der Waals surface area contributed by atoms with Gasteiger partial charge in [-0.05, 0) is 55.1 Å². The minimum atomic E-state index is -1.76. The molecule has 0 amide bonds. The third-order valence-corrected chi connectivity index (χ3v) is 7.39. The van der Waals surface area contributed by atoms with E-state index >= 15 is 0 Å². The Kier molecular flexibility index (Phi) is 5.41. The first-order valence-electron chi connectivity index (χ1n) is 11.0. The van der Waals surface area contributed by atoms with E-state index in [1.54, 1.807) is 0 Å². The van der Waals surface area contributed by atoms with Crippen molar-refractivity contribution in [1.82, 2.24) is 4.73 Å². The number of aromatic hydroxyl groups is 1. The summed E-state index contributed by atoms with van der Waals surface area (Å²) in [5, 5.41) is 32.2. The number of pyridine rings is 1. The highest BCUT2D eigenvalue weighted by molar-refractivity contribution is 6.01. The van der Waals surface area contributed by atoms with E-state index in [9.17, 15) is 29.8 Å². The number of nitrogens with zero attached hydrogens (tertiary/aromatic N) is 1. The number of rotatable bonds is 3. The molecule has 0 aliphatic heterocycles. The van der Waals surface area contributed by atoms with Crippen molar-refractivity contribution in [2.45, 2.75) is 51.6 Å². The van der Waals surface area contributed by atoms with Crippen LogP contribution in [0.3, 0.4) is 0 Å². The maximum atomic E-state index is 13.7. The second kappa shape index (κ2) is 7.79. The van der Waals surface area contributed by atoms with Crippen molar-refractivity contribution in [2.75, 3.05) is 0 Å². The summed E-state index contributed by atoms with van der Waals surface area (Å²) in [5.74, 6) is -1.03. The Morgan fingerprint density at radius 3 is 2.61 bits per heavy atom. The highest BCUT2D eigenvalue weighted by Gasteiger charge is 2.44. The molecule has 0 bridgehead atoms. The molecule has 6 atom stereocenters. The summed E-state index contributed by atoms with van der Waals surface area (Å²) in [4.78, 5) is 37.9. The van der Waals surface area contributed by atoms with Gasteiger partial charge in [0.1, 0.15) is 16.9 Å². The van der Waals surface area contributed by atoms with Crippen molar-refractivity contribution in [1.29, 1.82) is 0 Å². The van der Waals surface area contributed by atoms with Crippen molar-refractivity contribution in [2.24, 2.45) is 29.6 Å². The highest BCUT2D eigenvalue weighted by atomic mass is 16.5. The first-order chi connectivity index (χ1) is 14.6. The van der Waals surface area contributed by atoms with Crippen molar-refractivity contribution in [3.8, 4) is 5.75 Å². The molecule has 31 heavy (non-hydrogen) atoms. The average molecular weight is 427 g/mol. The number of ketones is 2. The zero-order valence-corrected chi connectivity index (χ0v) is 17.8. The van der Waals surface area contributed by atoms with Crippen LogP contribution in [-0.4, -0.2) is 31.7 Å². The van der Waals surface area contributed by atoms with E-state index in [4.69, 9.17) is 0 Å². The quantitative estimate of drug-likeness (QED) is 0.388. The number of aromatic nitrogens is 1. The summed E-state index contributed by atoms with van der Waals surface area (Å²) >= 11 is 0. The van der Waals surface area contributed by atoms with Crippen LogP contribution in [0.2, 0.25) is 0 Å². The van der Waals surface area contributed by atoms with Gasteiger partial charge in [-0.3, -0.25) is 14.4 Å². The third kappa shape index (κ3) is 3.65.